The van der Waals surface area contributed by atoms with Crippen LogP contribution in [0.5, 0.6) is 11.5 Å². The first-order chi connectivity index (χ1) is 20.8. The molecule has 0 heterocycles. The molecular formula is C40H64N2O4. The van der Waals surface area contributed by atoms with Crippen LogP contribution in [0.15, 0.2) is 24.3 Å². The Labute approximate surface area is 279 Å². The SMILES string of the molecule is CCCCC(C(=O)CCc1ccc(O)c(C(C)(C)C)c1C(C)(C)C)C(N)(N)C(=O)CCc1ccc(O)c(C(C)(C)C)c1C(C)(C)C. The van der Waals surface area contributed by atoms with Gasteiger partial charge in [0.05, 0.1) is 5.92 Å². The molecule has 2 rings (SSSR count). The Hall–Kier alpha value is -2.70. The summed E-state index contributed by atoms with van der Waals surface area (Å²) >= 11 is 0. The van der Waals surface area contributed by atoms with Crippen molar-refractivity contribution in [1.29, 1.82) is 0 Å². The molecule has 2 aromatic rings. The first-order valence-electron chi connectivity index (χ1n) is 17.1. The van der Waals surface area contributed by atoms with Gasteiger partial charge in [-0.15, -0.1) is 0 Å². The van der Waals surface area contributed by atoms with Gasteiger partial charge >= 0.3 is 0 Å². The number of ketones is 2. The molecule has 1 atom stereocenters. The van der Waals surface area contributed by atoms with Crippen LogP contribution >= 0.6 is 0 Å². The molecule has 0 aliphatic rings. The van der Waals surface area contributed by atoms with E-state index < -0.39 is 11.6 Å². The summed E-state index contributed by atoms with van der Waals surface area (Å²) < 4.78 is 0. The lowest BCUT2D eigenvalue weighted by molar-refractivity contribution is -0.134. The summed E-state index contributed by atoms with van der Waals surface area (Å²) in [6.07, 6.45) is 3.23. The number of nitrogens with two attached hydrogens (primary N) is 2. The smallest absolute Gasteiger partial charge is 0.168 e. The molecule has 6 heteroatoms. The van der Waals surface area contributed by atoms with Gasteiger partial charge in [-0.1, -0.05) is 115 Å². The summed E-state index contributed by atoms with van der Waals surface area (Å²) in [6.45, 7) is 27.2. The zero-order chi connectivity index (χ0) is 35.6. The molecule has 0 aromatic heterocycles. The summed E-state index contributed by atoms with van der Waals surface area (Å²) in [5, 5.41) is 21.7. The van der Waals surface area contributed by atoms with Crippen molar-refractivity contribution >= 4 is 11.6 Å². The van der Waals surface area contributed by atoms with Crippen molar-refractivity contribution in [3.63, 3.8) is 0 Å². The van der Waals surface area contributed by atoms with Crippen molar-refractivity contribution in [2.24, 2.45) is 17.4 Å². The van der Waals surface area contributed by atoms with Crippen molar-refractivity contribution in [2.45, 2.75) is 162 Å². The van der Waals surface area contributed by atoms with Crippen molar-refractivity contribution in [1.82, 2.24) is 0 Å². The summed E-state index contributed by atoms with van der Waals surface area (Å²) in [5.41, 5.74) is 16.3. The first kappa shape index (κ1) is 39.5. The molecule has 0 aliphatic carbocycles. The highest BCUT2D eigenvalue weighted by Crippen LogP contribution is 2.43. The van der Waals surface area contributed by atoms with E-state index in [-0.39, 0.29) is 57.6 Å². The van der Waals surface area contributed by atoms with Crippen LogP contribution in [-0.4, -0.2) is 27.4 Å². The molecule has 0 radical (unpaired) electrons. The molecule has 0 amide bonds. The maximum absolute atomic E-state index is 13.9. The second-order valence-electron chi connectivity index (χ2n) is 17.5. The summed E-state index contributed by atoms with van der Waals surface area (Å²) in [5.74, 6) is -0.721. The second-order valence-corrected chi connectivity index (χ2v) is 17.5. The van der Waals surface area contributed by atoms with E-state index in [2.05, 4.69) is 83.1 Å². The van der Waals surface area contributed by atoms with Crippen LogP contribution < -0.4 is 11.5 Å². The van der Waals surface area contributed by atoms with Gasteiger partial charge in [0.1, 0.15) is 22.9 Å². The van der Waals surface area contributed by atoms with Crippen LogP contribution in [-0.2, 0) is 44.1 Å². The molecule has 0 spiro atoms. The highest BCUT2D eigenvalue weighted by Gasteiger charge is 2.42. The largest absolute Gasteiger partial charge is 0.508 e. The number of unbranched alkanes of at least 4 members (excludes halogenated alkanes) is 1. The van der Waals surface area contributed by atoms with Gasteiger partial charge in [0.25, 0.3) is 0 Å². The van der Waals surface area contributed by atoms with Crippen molar-refractivity contribution < 1.29 is 19.8 Å². The normalized spacial score (nSPS) is 14.0. The monoisotopic (exact) mass is 636 g/mol. The molecule has 6 N–H and O–H groups in total. The van der Waals surface area contributed by atoms with Gasteiger partial charge in [-0.25, -0.2) is 0 Å². The Bertz CT molecular complexity index is 1390. The molecule has 1 unspecified atom stereocenters. The minimum absolute atomic E-state index is 0.0986. The molecule has 46 heavy (non-hydrogen) atoms. The number of Topliss-reactive ketones (excluding diaryl/α,β-unsaturated/α-hetero) is 2. The van der Waals surface area contributed by atoms with E-state index in [0.717, 1.165) is 46.2 Å². The van der Waals surface area contributed by atoms with Crippen LogP contribution in [0.1, 0.15) is 155 Å². The number of carbonyl (C=O) groups excluding carboxylic acids is 2. The fourth-order valence-corrected chi connectivity index (χ4v) is 7.08. The number of benzene rings is 2. The van der Waals surface area contributed by atoms with Gasteiger partial charge in [0, 0.05) is 24.0 Å². The van der Waals surface area contributed by atoms with Crippen molar-refractivity contribution in [2.75, 3.05) is 0 Å². The minimum atomic E-state index is -1.80. The summed E-state index contributed by atoms with van der Waals surface area (Å²) in [6, 6.07) is 7.24. The van der Waals surface area contributed by atoms with E-state index in [0.29, 0.717) is 19.3 Å². The lowest BCUT2D eigenvalue weighted by atomic mass is 9.71. The van der Waals surface area contributed by atoms with Crippen LogP contribution in [0.4, 0.5) is 0 Å². The van der Waals surface area contributed by atoms with E-state index >= 15 is 0 Å². The van der Waals surface area contributed by atoms with E-state index in [1.807, 2.05) is 19.1 Å². The minimum Gasteiger partial charge on any atom is -0.508 e. The fourth-order valence-electron chi connectivity index (χ4n) is 7.08. The summed E-state index contributed by atoms with van der Waals surface area (Å²) in [4.78, 5) is 27.8. The second kappa shape index (κ2) is 14.2. The molecule has 0 fully saturated rings. The van der Waals surface area contributed by atoms with E-state index in [1.54, 1.807) is 12.1 Å². The average molecular weight is 637 g/mol. The number of aryl methyl sites for hydroxylation is 2. The molecule has 0 saturated heterocycles. The predicted octanol–water partition coefficient (Wildman–Crippen LogP) is 8.41. The fraction of sp³-hybridized carbons (Fsp3) is 0.650. The topological polar surface area (TPSA) is 127 Å². The van der Waals surface area contributed by atoms with Crippen LogP contribution in [0.25, 0.3) is 0 Å². The van der Waals surface area contributed by atoms with Gasteiger partial charge in [0.2, 0.25) is 0 Å². The standard InChI is InChI=1S/C40H64N2O4/c1-14-15-16-27(28(43)21-17-25-18-22-29(44)34(38(8,9)10)32(25)36(2,3)4)40(41,42)31(46)24-20-26-19-23-30(45)35(39(11,12)13)33(26)37(5,6)7/h18-19,22-23,27,44-45H,14-17,20-21,24,41-42H2,1-13H3. The number of hydrogen-bond acceptors (Lipinski definition) is 6. The molecule has 6 nitrogen and oxygen atoms in total. The molecule has 2 aromatic carbocycles. The van der Waals surface area contributed by atoms with Gasteiger partial charge in [-0.2, -0.15) is 0 Å². The first-order valence-corrected chi connectivity index (χ1v) is 17.1. The average Bonchev–Trinajstić information content (AvgIpc) is 2.88. The van der Waals surface area contributed by atoms with E-state index in [9.17, 15) is 19.8 Å². The zero-order valence-corrected chi connectivity index (χ0v) is 31.2. The molecular weight excluding hydrogens is 572 g/mol. The Morgan fingerprint density at radius 2 is 1.00 bits per heavy atom. The molecule has 0 saturated carbocycles. The van der Waals surface area contributed by atoms with Gasteiger partial charge < -0.3 is 21.7 Å². The third-order valence-corrected chi connectivity index (χ3v) is 9.10. The quantitative estimate of drug-likeness (QED) is 0.173. The van der Waals surface area contributed by atoms with E-state index in [1.165, 1.54) is 0 Å². The number of phenols is 2. The van der Waals surface area contributed by atoms with Crippen molar-refractivity contribution in [3.05, 3.63) is 57.6 Å². The van der Waals surface area contributed by atoms with Gasteiger partial charge in [-0.3, -0.25) is 9.59 Å². The van der Waals surface area contributed by atoms with E-state index in [4.69, 9.17) is 11.5 Å². The van der Waals surface area contributed by atoms with Crippen LogP contribution in [0.3, 0.4) is 0 Å². The maximum Gasteiger partial charge on any atom is 0.168 e. The van der Waals surface area contributed by atoms with Crippen LogP contribution in [0, 0.1) is 5.92 Å². The zero-order valence-electron chi connectivity index (χ0n) is 31.2. The Kier molecular flexibility index (Phi) is 12.2. The van der Waals surface area contributed by atoms with Crippen molar-refractivity contribution in [3.8, 4) is 11.5 Å². The lowest BCUT2D eigenvalue weighted by Crippen LogP contribution is -2.63. The number of aromatic hydroxyl groups is 2. The third-order valence-electron chi connectivity index (χ3n) is 9.10. The number of phenolic OH excluding ortho intramolecular Hbond substituents is 2. The highest BCUT2D eigenvalue weighted by molar-refractivity contribution is 5.95. The number of hydrogen-bond donors (Lipinski definition) is 4. The number of rotatable bonds is 12. The summed E-state index contributed by atoms with van der Waals surface area (Å²) in [7, 11) is 0. The number of carbonyl (C=O) groups is 2. The predicted molar refractivity (Wildman–Crippen MR) is 192 cm³/mol. The lowest BCUT2D eigenvalue weighted by Gasteiger charge is -2.34. The Morgan fingerprint density at radius 3 is 1.35 bits per heavy atom. The van der Waals surface area contributed by atoms with Gasteiger partial charge in [-0.05, 0) is 75.3 Å². The molecule has 258 valence electrons. The maximum atomic E-state index is 13.9. The van der Waals surface area contributed by atoms with Crippen LogP contribution in [0.2, 0.25) is 0 Å². The highest BCUT2D eigenvalue weighted by atomic mass is 16.3. The third kappa shape index (κ3) is 9.22. The molecule has 0 bridgehead atoms. The molecule has 0 aliphatic heterocycles. The Balaban J connectivity index is 2.42. The van der Waals surface area contributed by atoms with Gasteiger partial charge in [0.15, 0.2) is 5.78 Å². The Morgan fingerprint density at radius 1 is 0.630 bits per heavy atom.